The van der Waals surface area contributed by atoms with Gasteiger partial charge in [-0.1, -0.05) is 0 Å². The highest BCUT2D eigenvalue weighted by atomic mass is 16.6. The summed E-state index contributed by atoms with van der Waals surface area (Å²) in [6, 6.07) is 6.20. The van der Waals surface area contributed by atoms with Crippen molar-refractivity contribution in [2.24, 2.45) is 0 Å². The van der Waals surface area contributed by atoms with E-state index in [1.165, 1.54) is 19.1 Å². The minimum absolute atomic E-state index is 0.0502. The number of hydrogen-bond donors (Lipinski definition) is 0. The molecule has 2 rings (SSSR count). The van der Waals surface area contributed by atoms with E-state index >= 15 is 0 Å². The maximum Gasteiger partial charge on any atom is 0.303 e. The Bertz CT molecular complexity index is 595. The lowest BCUT2D eigenvalue weighted by Crippen LogP contribution is -2.31. The molecule has 1 aliphatic rings. The molecular weight excluding hydrogens is 302 g/mol. The van der Waals surface area contributed by atoms with Crippen LogP contribution in [0, 0.1) is 10.1 Å². The number of nitro groups is 1. The minimum Gasteiger partial charge on any atom is -0.495 e. The molecule has 0 saturated carbocycles. The van der Waals surface area contributed by atoms with Gasteiger partial charge in [-0.3, -0.25) is 14.9 Å². The predicted octanol–water partition coefficient (Wildman–Crippen LogP) is 2.74. The fraction of sp³-hybridized carbons (Fsp3) is 0.438. The molecule has 1 aromatic carbocycles. The van der Waals surface area contributed by atoms with Crippen LogP contribution in [0.3, 0.4) is 0 Å². The second-order valence-electron chi connectivity index (χ2n) is 5.39. The lowest BCUT2D eigenvalue weighted by molar-refractivity contribution is -0.384. The number of rotatable bonds is 6. The van der Waals surface area contributed by atoms with E-state index in [0.29, 0.717) is 19.6 Å². The van der Waals surface area contributed by atoms with Crippen molar-refractivity contribution >= 4 is 11.7 Å². The number of carbonyl (C=O) groups excluding carboxylic acids is 1. The molecule has 1 aromatic rings. The van der Waals surface area contributed by atoms with Crippen LogP contribution in [0.25, 0.3) is 0 Å². The normalized spacial score (nSPS) is 20.3. The van der Waals surface area contributed by atoms with Crippen molar-refractivity contribution in [3.63, 3.8) is 0 Å². The number of hydrogen-bond acceptors (Lipinski definition) is 6. The monoisotopic (exact) mass is 321 g/mol. The molecule has 1 heterocycles. The number of ether oxygens (including phenoxy) is 3. The summed E-state index contributed by atoms with van der Waals surface area (Å²) in [6.07, 6.45) is 1.66. The Labute approximate surface area is 134 Å². The van der Waals surface area contributed by atoms with Crippen LogP contribution in [0.1, 0.15) is 25.8 Å². The molecule has 7 heteroatoms. The number of benzene rings is 1. The molecule has 0 amide bonds. The highest BCUT2D eigenvalue weighted by molar-refractivity contribution is 5.66. The van der Waals surface area contributed by atoms with Crippen molar-refractivity contribution in [1.29, 1.82) is 0 Å². The molecule has 0 fully saturated rings. The Morgan fingerprint density at radius 3 is 2.70 bits per heavy atom. The molecule has 0 unspecified atom stereocenters. The lowest BCUT2D eigenvalue weighted by Gasteiger charge is -2.28. The first-order chi connectivity index (χ1) is 11.0. The van der Waals surface area contributed by atoms with Crippen molar-refractivity contribution < 1.29 is 23.9 Å². The largest absolute Gasteiger partial charge is 0.495 e. The molecule has 7 nitrogen and oxygen atoms in total. The zero-order chi connectivity index (χ0) is 16.8. The SMILES string of the molecule is CC(=O)O[C@H]1C[C@@H](COCc2ccc([N+](=O)[O-])cc2)OC=C1C. The summed E-state index contributed by atoms with van der Waals surface area (Å²) in [5.41, 5.74) is 1.76. The number of non-ortho nitro benzene ring substituents is 1. The van der Waals surface area contributed by atoms with Crippen LogP contribution in [-0.4, -0.2) is 29.7 Å². The van der Waals surface area contributed by atoms with Crippen LogP contribution < -0.4 is 0 Å². The van der Waals surface area contributed by atoms with Crippen LogP contribution in [-0.2, 0) is 25.6 Å². The molecule has 0 bridgehead atoms. The van der Waals surface area contributed by atoms with Gasteiger partial charge < -0.3 is 14.2 Å². The maximum atomic E-state index is 11.1. The molecule has 1 aliphatic heterocycles. The summed E-state index contributed by atoms with van der Waals surface area (Å²) in [5.74, 6) is -0.324. The van der Waals surface area contributed by atoms with Gasteiger partial charge in [0.2, 0.25) is 0 Å². The van der Waals surface area contributed by atoms with Crippen molar-refractivity contribution in [3.8, 4) is 0 Å². The third kappa shape index (κ3) is 5.07. The quantitative estimate of drug-likeness (QED) is 0.455. The average molecular weight is 321 g/mol. The fourth-order valence-corrected chi connectivity index (χ4v) is 2.23. The number of carbonyl (C=O) groups is 1. The fourth-order valence-electron chi connectivity index (χ4n) is 2.23. The van der Waals surface area contributed by atoms with E-state index in [2.05, 4.69) is 0 Å². The van der Waals surface area contributed by atoms with Gasteiger partial charge in [0.1, 0.15) is 12.2 Å². The van der Waals surface area contributed by atoms with E-state index in [1.54, 1.807) is 18.4 Å². The third-order valence-corrected chi connectivity index (χ3v) is 3.46. The molecular formula is C16H19NO6. The standard InChI is InChI=1S/C16H19NO6/c1-11-8-22-15(7-16(11)23-12(2)18)10-21-9-13-3-5-14(6-4-13)17(19)20/h3-6,8,15-16H,7,9-10H2,1-2H3/t15-,16-/m0/s1. The topological polar surface area (TPSA) is 87.9 Å². The molecule has 0 aromatic heterocycles. The van der Waals surface area contributed by atoms with E-state index < -0.39 is 4.92 Å². The molecule has 23 heavy (non-hydrogen) atoms. The molecule has 0 aliphatic carbocycles. The summed E-state index contributed by atoms with van der Waals surface area (Å²) < 4.78 is 16.3. The Balaban J connectivity index is 1.80. The van der Waals surface area contributed by atoms with E-state index in [-0.39, 0.29) is 23.9 Å². The van der Waals surface area contributed by atoms with Gasteiger partial charge in [0, 0.05) is 31.1 Å². The first-order valence-corrected chi connectivity index (χ1v) is 7.26. The Morgan fingerprint density at radius 1 is 1.39 bits per heavy atom. The van der Waals surface area contributed by atoms with Crippen LogP contribution in [0.4, 0.5) is 5.69 Å². The molecule has 0 spiro atoms. The van der Waals surface area contributed by atoms with Gasteiger partial charge in [0.15, 0.2) is 0 Å². The second-order valence-corrected chi connectivity index (χ2v) is 5.39. The van der Waals surface area contributed by atoms with E-state index in [0.717, 1.165) is 11.1 Å². The molecule has 2 atom stereocenters. The van der Waals surface area contributed by atoms with Crippen molar-refractivity contribution in [2.45, 2.75) is 39.1 Å². The average Bonchev–Trinajstić information content (AvgIpc) is 2.50. The van der Waals surface area contributed by atoms with Gasteiger partial charge in [0.25, 0.3) is 5.69 Å². The van der Waals surface area contributed by atoms with Gasteiger partial charge in [-0.05, 0) is 24.6 Å². The van der Waals surface area contributed by atoms with Crippen molar-refractivity contribution in [1.82, 2.24) is 0 Å². The summed E-state index contributed by atoms with van der Waals surface area (Å²) in [6.45, 7) is 3.90. The molecule has 0 saturated heterocycles. The lowest BCUT2D eigenvalue weighted by atomic mass is 10.0. The van der Waals surface area contributed by atoms with E-state index in [1.807, 2.05) is 6.92 Å². The molecule has 0 N–H and O–H groups in total. The first-order valence-electron chi connectivity index (χ1n) is 7.26. The number of nitro benzene ring substituents is 1. The summed E-state index contributed by atoms with van der Waals surface area (Å²) >= 11 is 0. The zero-order valence-electron chi connectivity index (χ0n) is 13.1. The van der Waals surface area contributed by atoms with Gasteiger partial charge >= 0.3 is 5.97 Å². The van der Waals surface area contributed by atoms with Crippen LogP contribution in [0.15, 0.2) is 36.1 Å². The van der Waals surface area contributed by atoms with Crippen LogP contribution in [0.2, 0.25) is 0 Å². The minimum atomic E-state index is -0.440. The number of esters is 1. The predicted molar refractivity (Wildman–Crippen MR) is 81.6 cm³/mol. The summed E-state index contributed by atoms with van der Waals surface area (Å²) in [4.78, 5) is 21.2. The Morgan fingerprint density at radius 2 is 2.09 bits per heavy atom. The smallest absolute Gasteiger partial charge is 0.303 e. The van der Waals surface area contributed by atoms with Gasteiger partial charge in [0.05, 0.1) is 24.4 Å². The van der Waals surface area contributed by atoms with E-state index in [9.17, 15) is 14.9 Å². The highest BCUT2D eigenvalue weighted by Gasteiger charge is 2.25. The second kappa shape index (κ2) is 7.73. The summed E-state index contributed by atoms with van der Waals surface area (Å²) in [5, 5.41) is 10.6. The maximum absolute atomic E-state index is 11.1. The van der Waals surface area contributed by atoms with Crippen LogP contribution in [0.5, 0.6) is 0 Å². The van der Waals surface area contributed by atoms with Crippen molar-refractivity contribution in [2.75, 3.05) is 6.61 Å². The Hall–Kier alpha value is -2.41. The Kier molecular flexibility index (Phi) is 5.70. The van der Waals surface area contributed by atoms with Gasteiger partial charge in [-0.15, -0.1) is 0 Å². The number of nitrogens with zero attached hydrogens (tertiary/aromatic N) is 1. The van der Waals surface area contributed by atoms with Crippen LogP contribution >= 0.6 is 0 Å². The first kappa shape index (κ1) is 17.0. The van der Waals surface area contributed by atoms with Gasteiger partial charge in [-0.25, -0.2) is 0 Å². The summed E-state index contributed by atoms with van der Waals surface area (Å²) in [7, 11) is 0. The highest BCUT2D eigenvalue weighted by Crippen LogP contribution is 2.21. The zero-order valence-corrected chi connectivity index (χ0v) is 13.1. The van der Waals surface area contributed by atoms with Crippen molar-refractivity contribution in [3.05, 3.63) is 51.8 Å². The third-order valence-electron chi connectivity index (χ3n) is 3.46. The van der Waals surface area contributed by atoms with E-state index in [4.69, 9.17) is 14.2 Å². The molecule has 124 valence electrons. The molecule has 0 radical (unpaired) electrons. The van der Waals surface area contributed by atoms with Gasteiger partial charge in [-0.2, -0.15) is 0 Å².